The van der Waals surface area contributed by atoms with Crippen molar-refractivity contribution in [1.82, 2.24) is 39.9 Å². The van der Waals surface area contributed by atoms with Gasteiger partial charge in [0, 0.05) is 60.4 Å². The minimum absolute atomic E-state index is 0.207. The number of likely N-dealkylation sites (N-methyl/N-ethyl adjacent to an activating group) is 1. The summed E-state index contributed by atoms with van der Waals surface area (Å²) in [5.41, 5.74) is 6.43. The monoisotopic (exact) mass is 567 g/mol. The largest absolute Gasteiger partial charge is 0.384 e. The average molecular weight is 568 g/mol. The maximum atomic E-state index is 15.3. The van der Waals surface area contributed by atoms with Crippen molar-refractivity contribution >= 4 is 27.8 Å². The quantitative estimate of drug-likeness (QED) is 0.211. The fourth-order valence-electron chi connectivity index (χ4n) is 5.06. The number of fused-ring (bicyclic) bond motifs is 2. The van der Waals surface area contributed by atoms with E-state index < -0.39 is 5.82 Å². The standard InChI is InChI=1S/C31H31F2N9/c1-41(2)8-7-35-23-11-20(10-22(32)14-23)24-5-6-36-30-28(24)37-31(38-30)29-25-12-19(13-26(33)27(25)39-40-29)21-9-18(15-34-16-21)17-42(3)4/h5-6,9-16,35H,7-8,17H2,1-4H3,(H,39,40)(H,36,37,38). The summed E-state index contributed by atoms with van der Waals surface area (Å²) in [5, 5.41) is 11.0. The Balaban J connectivity index is 1.40. The highest BCUT2D eigenvalue weighted by Crippen LogP contribution is 2.34. The van der Waals surface area contributed by atoms with Crippen molar-refractivity contribution in [3.05, 3.63) is 78.3 Å². The van der Waals surface area contributed by atoms with Crippen molar-refractivity contribution in [1.29, 1.82) is 0 Å². The lowest BCUT2D eigenvalue weighted by molar-refractivity contribution is 0.402. The summed E-state index contributed by atoms with van der Waals surface area (Å²) in [7, 11) is 7.95. The molecule has 0 bridgehead atoms. The summed E-state index contributed by atoms with van der Waals surface area (Å²) in [6, 6.07) is 12.0. The van der Waals surface area contributed by atoms with Gasteiger partial charge < -0.3 is 20.1 Å². The van der Waals surface area contributed by atoms with Crippen LogP contribution < -0.4 is 5.32 Å². The van der Waals surface area contributed by atoms with Crippen molar-refractivity contribution in [2.45, 2.75) is 6.54 Å². The van der Waals surface area contributed by atoms with E-state index in [1.807, 2.05) is 58.7 Å². The Bertz CT molecular complexity index is 1890. The molecule has 214 valence electrons. The molecule has 0 aliphatic heterocycles. The highest BCUT2D eigenvalue weighted by Gasteiger charge is 2.19. The molecule has 9 nitrogen and oxygen atoms in total. The van der Waals surface area contributed by atoms with Crippen LogP contribution >= 0.6 is 0 Å². The first-order valence-electron chi connectivity index (χ1n) is 13.6. The number of H-pyrrole nitrogens is 2. The van der Waals surface area contributed by atoms with Crippen molar-refractivity contribution in [3.8, 4) is 33.8 Å². The first-order valence-corrected chi connectivity index (χ1v) is 13.6. The predicted molar refractivity (Wildman–Crippen MR) is 162 cm³/mol. The van der Waals surface area contributed by atoms with E-state index in [1.165, 1.54) is 18.2 Å². The fourth-order valence-corrected chi connectivity index (χ4v) is 5.06. The molecule has 6 rings (SSSR count). The number of benzene rings is 2. The molecule has 0 amide bonds. The zero-order valence-electron chi connectivity index (χ0n) is 23.8. The Morgan fingerprint density at radius 1 is 0.905 bits per heavy atom. The molecule has 0 spiro atoms. The molecule has 42 heavy (non-hydrogen) atoms. The summed E-state index contributed by atoms with van der Waals surface area (Å²) in [5.74, 6) is -0.354. The zero-order chi connectivity index (χ0) is 29.4. The number of nitrogens with zero attached hydrogens (tertiary/aromatic N) is 6. The Labute approximate surface area is 241 Å². The van der Waals surface area contributed by atoms with Crippen molar-refractivity contribution in [2.75, 3.05) is 46.6 Å². The van der Waals surface area contributed by atoms with Crippen LogP contribution in [-0.2, 0) is 6.54 Å². The van der Waals surface area contributed by atoms with E-state index in [0.29, 0.717) is 51.4 Å². The number of pyridine rings is 2. The molecule has 3 N–H and O–H groups in total. The van der Waals surface area contributed by atoms with Gasteiger partial charge in [-0.3, -0.25) is 10.1 Å². The number of hydrogen-bond donors (Lipinski definition) is 3. The average Bonchev–Trinajstić information content (AvgIpc) is 3.57. The van der Waals surface area contributed by atoms with E-state index >= 15 is 4.39 Å². The molecular weight excluding hydrogens is 536 g/mol. The van der Waals surface area contributed by atoms with Gasteiger partial charge in [-0.05, 0) is 87.3 Å². The van der Waals surface area contributed by atoms with Crippen LogP contribution in [0, 0.1) is 11.6 Å². The second-order valence-electron chi connectivity index (χ2n) is 10.9. The molecule has 0 unspecified atom stereocenters. The van der Waals surface area contributed by atoms with E-state index in [-0.39, 0.29) is 11.3 Å². The maximum Gasteiger partial charge on any atom is 0.178 e. The molecule has 4 heterocycles. The first kappa shape index (κ1) is 27.4. The Hall–Kier alpha value is -4.74. The molecule has 0 saturated heterocycles. The number of aromatic amines is 2. The Morgan fingerprint density at radius 2 is 1.76 bits per heavy atom. The Kier molecular flexibility index (Phi) is 7.36. The second-order valence-corrected chi connectivity index (χ2v) is 10.9. The number of imidazole rings is 1. The molecule has 6 aromatic rings. The van der Waals surface area contributed by atoms with Gasteiger partial charge in [0.05, 0.1) is 5.52 Å². The SMILES string of the molecule is CN(C)CCNc1cc(F)cc(-c2ccnc3nc(-c4[nH]nc5c(F)cc(-c6cncc(CN(C)C)c6)cc45)[nH]c23)c1. The number of halogens is 2. The van der Waals surface area contributed by atoms with Gasteiger partial charge in [0.15, 0.2) is 17.3 Å². The van der Waals surface area contributed by atoms with E-state index in [4.69, 9.17) is 4.98 Å². The van der Waals surface area contributed by atoms with Gasteiger partial charge in [0.1, 0.15) is 17.0 Å². The molecule has 0 saturated carbocycles. The van der Waals surface area contributed by atoms with E-state index in [2.05, 4.69) is 40.3 Å². The number of aromatic nitrogens is 6. The highest BCUT2D eigenvalue weighted by atomic mass is 19.1. The third-order valence-electron chi connectivity index (χ3n) is 6.97. The van der Waals surface area contributed by atoms with Crippen LogP contribution in [0.4, 0.5) is 14.5 Å². The van der Waals surface area contributed by atoms with Crippen LogP contribution in [0.5, 0.6) is 0 Å². The van der Waals surface area contributed by atoms with Crippen molar-refractivity contribution < 1.29 is 8.78 Å². The third-order valence-corrected chi connectivity index (χ3v) is 6.97. The smallest absolute Gasteiger partial charge is 0.178 e. The van der Waals surface area contributed by atoms with Gasteiger partial charge >= 0.3 is 0 Å². The predicted octanol–water partition coefficient (Wildman–Crippen LogP) is 5.54. The minimum Gasteiger partial charge on any atom is -0.384 e. The topological polar surface area (TPSA) is 102 Å². The summed E-state index contributed by atoms with van der Waals surface area (Å²) >= 11 is 0. The van der Waals surface area contributed by atoms with E-state index in [1.54, 1.807) is 12.4 Å². The van der Waals surface area contributed by atoms with Crippen LogP contribution in [0.2, 0.25) is 0 Å². The van der Waals surface area contributed by atoms with Gasteiger partial charge in [-0.25, -0.2) is 18.7 Å². The van der Waals surface area contributed by atoms with Crippen LogP contribution in [-0.4, -0.2) is 81.2 Å². The van der Waals surface area contributed by atoms with Crippen LogP contribution in [0.25, 0.3) is 55.8 Å². The summed E-state index contributed by atoms with van der Waals surface area (Å²) < 4.78 is 29.9. The van der Waals surface area contributed by atoms with Crippen LogP contribution in [0.15, 0.2) is 61.1 Å². The fraction of sp³-hybridized carbons (Fsp3) is 0.226. The van der Waals surface area contributed by atoms with Gasteiger partial charge in [0.2, 0.25) is 0 Å². The zero-order valence-corrected chi connectivity index (χ0v) is 23.8. The minimum atomic E-state index is -0.452. The molecule has 2 aromatic carbocycles. The van der Waals surface area contributed by atoms with Gasteiger partial charge in [0.25, 0.3) is 0 Å². The van der Waals surface area contributed by atoms with Gasteiger partial charge in [-0.1, -0.05) is 0 Å². The second kappa shape index (κ2) is 11.3. The van der Waals surface area contributed by atoms with E-state index in [9.17, 15) is 4.39 Å². The molecule has 0 atom stereocenters. The number of rotatable bonds is 9. The summed E-state index contributed by atoms with van der Waals surface area (Å²) in [4.78, 5) is 20.9. The first-order chi connectivity index (χ1) is 20.2. The normalized spacial score (nSPS) is 11.8. The third kappa shape index (κ3) is 5.56. The number of anilines is 1. The van der Waals surface area contributed by atoms with Gasteiger partial charge in [-0.15, -0.1) is 0 Å². The highest BCUT2D eigenvalue weighted by molar-refractivity contribution is 5.97. The molecular formula is C31H31F2N9. The van der Waals surface area contributed by atoms with Crippen LogP contribution in [0.3, 0.4) is 0 Å². The molecule has 0 aliphatic rings. The lowest BCUT2D eigenvalue weighted by atomic mass is 10.0. The van der Waals surface area contributed by atoms with Crippen molar-refractivity contribution in [2.24, 2.45) is 0 Å². The van der Waals surface area contributed by atoms with Crippen LogP contribution in [0.1, 0.15) is 5.56 Å². The van der Waals surface area contributed by atoms with Gasteiger partial charge in [-0.2, -0.15) is 5.10 Å². The molecule has 0 fully saturated rings. The lowest BCUT2D eigenvalue weighted by Gasteiger charge is -2.13. The molecule has 4 aromatic heterocycles. The van der Waals surface area contributed by atoms with E-state index in [0.717, 1.165) is 29.8 Å². The Morgan fingerprint density at radius 3 is 2.57 bits per heavy atom. The lowest BCUT2D eigenvalue weighted by Crippen LogP contribution is -2.20. The summed E-state index contributed by atoms with van der Waals surface area (Å²) in [6.07, 6.45) is 5.17. The summed E-state index contributed by atoms with van der Waals surface area (Å²) in [6.45, 7) is 2.21. The molecule has 11 heteroatoms. The maximum absolute atomic E-state index is 15.3. The molecule has 0 radical (unpaired) electrons. The number of hydrogen-bond acceptors (Lipinski definition) is 7. The van der Waals surface area contributed by atoms with Crippen molar-refractivity contribution in [3.63, 3.8) is 0 Å². The number of nitrogens with one attached hydrogen (secondary N) is 3. The molecule has 0 aliphatic carbocycles.